The number of hydrogen-bond donors (Lipinski definition) is 1. The first-order valence-electron chi connectivity index (χ1n) is 3.46. The first-order valence-corrected chi connectivity index (χ1v) is 4.34. The molecule has 0 amide bonds. The SMILES string of the molecule is Oc1ccc[c]c1-c1cncs1. The summed E-state index contributed by atoms with van der Waals surface area (Å²) in [5.74, 6) is 0.252. The molecule has 1 aromatic heterocycles. The highest BCUT2D eigenvalue weighted by Crippen LogP contribution is 2.30. The molecule has 0 bridgehead atoms. The fraction of sp³-hybridized carbons (Fsp3) is 0. The molecule has 2 aromatic rings. The minimum absolute atomic E-state index is 0.252. The number of aromatic nitrogens is 1. The lowest BCUT2D eigenvalue weighted by Gasteiger charge is -1.97. The Bertz CT molecular complexity index is 370. The summed E-state index contributed by atoms with van der Waals surface area (Å²) in [6.45, 7) is 0. The lowest BCUT2D eigenvalue weighted by molar-refractivity contribution is 0.477. The van der Waals surface area contributed by atoms with Crippen molar-refractivity contribution in [3.05, 3.63) is 36.0 Å². The van der Waals surface area contributed by atoms with Crippen LogP contribution in [-0.2, 0) is 0 Å². The summed E-state index contributed by atoms with van der Waals surface area (Å²) in [6, 6.07) is 8.13. The summed E-state index contributed by atoms with van der Waals surface area (Å²) < 4.78 is 0. The molecule has 12 heavy (non-hydrogen) atoms. The van der Waals surface area contributed by atoms with Gasteiger partial charge in [-0.25, -0.2) is 0 Å². The van der Waals surface area contributed by atoms with E-state index in [1.807, 2.05) is 0 Å². The third-order valence-electron chi connectivity index (χ3n) is 1.51. The quantitative estimate of drug-likeness (QED) is 0.723. The first kappa shape index (κ1) is 7.31. The lowest BCUT2D eigenvalue weighted by atomic mass is 10.2. The van der Waals surface area contributed by atoms with E-state index >= 15 is 0 Å². The van der Waals surface area contributed by atoms with Gasteiger partial charge in [-0.05, 0) is 12.1 Å². The molecular formula is C9H6NOS. The summed E-state index contributed by atoms with van der Waals surface area (Å²) in [4.78, 5) is 4.87. The average Bonchev–Trinajstić information content (AvgIpc) is 2.57. The number of benzene rings is 1. The van der Waals surface area contributed by atoms with Crippen molar-refractivity contribution in [2.24, 2.45) is 0 Å². The second-order valence-corrected chi connectivity index (χ2v) is 3.18. The molecule has 0 fully saturated rings. The summed E-state index contributed by atoms with van der Waals surface area (Å²) in [6.07, 6.45) is 1.72. The van der Waals surface area contributed by atoms with Crippen LogP contribution in [0.3, 0.4) is 0 Å². The van der Waals surface area contributed by atoms with Gasteiger partial charge in [0.05, 0.1) is 10.4 Å². The van der Waals surface area contributed by atoms with Crippen molar-refractivity contribution in [1.29, 1.82) is 0 Å². The maximum atomic E-state index is 9.43. The minimum atomic E-state index is 0.252. The lowest BCUT2D eigenvalue weighted by Crippen LogP contribution is -1.73. The van der Waals surface area contributed by atoms with Gasteiger partial charge in [-0.15, -0.1) is 11.3 Å². The van der Waals surface area contributed by atoms with E-state index in [0.29, 0.717) is 0 Å². The van der Waals surface area contributed by atoms with Crippen molar-refractivity contribution in [3.63, 3.8) is 0 Å². The topological polar surface area (TPSA) is 33.1 Å². The smallest absolute Gasteiger partial charge is 0.124 e. The van der Waals surface area contributed by atoms with E-state index in [9.17, 15) is 5.11 Å². The molecule has 0 spiro atoms. The molecular weight excluding hydrogens is 170 g/mol. The molecule has 0 aliphatic heterocycles. The van der Waals surface area contributed by atoms with Gasteiger partial charge in [-0.1, -0.05) is 12.1 Å². The number of phenols is 1. The zero-order chi connectivity index (χ0) is 8.39. The average molecular weight is 176 g/mol. The van der Waals surface area contributed by atoms with E-state index in [-0.39, 0.29) is 5.75 Å². The van der Waals surface area contributed by atoms with Crippen LogP contribution in [0.4, 0.5) is 0 Å². The van der Waals surface area contributed by atoms with Gasteiger partial charge in [0, 0.05) is 11.8 Å². The van der Waals surface area contributed by atoms with Crippen molar-refractivity contribution >= 4 is 11.3 Å². The van der Waals surface area contributed by atoms with Crippen molar-refractivity contribution in [3.8, 4) is 16.2 Å². The molecule has 1 N–H and O–H groups in total. The van der Waals surface area contributed by atoms with Crippen LogP contribution in [0.15, 0.2) is 29.9 Å². The maximum absolute atomic E-state index is 9.43. The molecule has 59 valence electrons. The van der Waals surface area contributed by atoms with E-state index < -0.39 is 0 Å². The van der Waals surface area contributed by atoms with Gasteiger partial charge >= 0.3 is 0 Å². The monoisotopic (exact) mass is 176 g/mol. The first-order chi connectivity index (χ1) is 5.88. The number of phenolic OH excluding ortho intramolecular Hbond substituents is 1. The molecule has 2 nitrogen and oxygen atoms in total. The highest BCUT2D eigenvalue weighted by Gasteiger charge is 2.03. The van der Waals surface area contributed by atoms with Crippen LogP contribution in [0.2, 0.25) is 0 Å². The van der Waals surface area contributed by atoms with E-state index in [4.69, 9.17) is 0 Å². The summed E-state index contributed by atoms with van der Waals surface area (Å²) in [5, 5.41) is 9.43. The molecule has 0 saturated heterocycles. The Hall–Kier alpha value is -1.35. The van der Waals surface area contributed by atoms with Crippen LogP contribution in [0.5, 0.6) is 5.75 Å². The van der Waals surface area contributed by atoms with E-state index in [2.05, 4.69) is 11.1 Å². The van der Waals surface area contributed by atoms with Crippen LogP contribution in [-0.4, -0.2) is 10.1 Å². The standard InChI is InChI=1S/C9H6NOS/c11-8-4-2-1-3-7(8)9-5-10-6-12-9/h1-2,4-6,11H. The number of rotatable bonds is 1. The third-order valence-corrected chi connectivity index (χ3v) is 2.30. The van der Waals surface area contributed by atoms with Gasteiger partial charge in [0.25, 0.3) is 0 Å². The van der Waals surface area contributed by atoms with Crippen molar-refractivity contribution < 1.29 is 5.11 Å². The van der Waals surface area contributed by atoms with E-state index in [1.54, 1.807) is 29.9 Å². The summed E-state index contributed by atoms with van der Waals surface area (Å²) >= 11 is 1.49. The predicted molar refractivity (Wildman–Crippen MR) is 48.1 cm³/mol. The number of nitrogens with zero attached hydrogens (tertiary/aromatic N) is 1. The fourth-order valence-electron chi connectivity index (χ4n) is 0.965. The predicted octanol–water partition coefficient (Wildman–Crippen LogP) is 2.32. The van der Waals surface area contributed by atoms with Gasteiger partial charge in [0.15, 0.2) is 0 Å². The molecule has 3 heteroatoms. The Labute approximate surface area is 74.1 Å². The Morgan fingerprint density at radius 2 is 2.42 bits per heavy atom. The Kier molecular flexibility index (Phi) is 1.80. The molecule has 0 unspecified atom stereocenters. The molecule has 0 atom stereocenters. The van der Waals surface area contributed by atoms with Crippen LogP contribution in [0.25, 0.3) is 10.4 Å². The van der Waals surface area contributed by atoms with Crippen molar-refractivity contribution in [2.75, 3.05) is 0 Å². The molecule has 1 aromatic carbocycles. The minimum Gasteiger partial charge on any atom is -0.507 e. The number of aromatic hydroxyl groups is 1. The molecule has 1 heterocycles. The largest absolute Gasteiger partial charge is 0.507 e. The molecule has 0 saturated carbocycles. The second kappa shape index (κ2) is 2.95. The van der Waals surface area contributed by atoms with Crippen LogP contribution < -0.4 is 0 Å². The van der Waals surface area contributed by atoms with Crippen LogP contribution >= 0.6 is 11.3 Å². The van der Waals surface area contributed by atoms with E-state index in [1.165, 1.54) is 11.3 Å². The van der Waals surface area contributed by atoms with Gasteiger partial charge in [-0.3, -0.25) is 4.98 Å². The van der Waals surface area contributed by atoms with Crippen LogP contribution in [0, 0.1) is 6.07 Å². The van der Waals surface area contributed by atoms with Gasteiger partial charge in [-0.2, -0.15) is 0 Å². The highest BCUT2D eigenvalue weighted by molar-refractivity contribution is 7.13. The van der Waals surface area contributed by atoms with Gasteiger partial charge in [0.1, 0.15) is 5.75 Å². The van der Waals surface area contributed by atoms with Crippen LogP contribution in [0.1, 0.15) is 0 Å². The van der Waals surface area contributed by atoms with Gasteiger partial charge in [0.2, 0.25) is 0 Å². The summed E-state index contributed by atoms with van der Waals surface area (Å²) in [7, 11) is 0. The molecule has 2 rings (SSSR count). The second-order valence-electron chi connectivity index (χ2n) is 2.30. The molecule has 0 aliphatic rings. The maximum Gasteiger partial charge on any atom is 0.124 e. The third kappa shape index (κ3) is 1.19. The van der Waals surface area contributed by atoms with Gasteiger partial charge < -0.3 is 5.11 Å². The molecule has 1 radical (unpaired) electrons. The van der Waals surface area contributed by atoms with Crippen molar-refractivity contribution in [1.82, 2.24) is 4.98 Å². The number of hydrogen-bond acceptors (Lipinski definition) is 3. The number of thiazole rings is 1. The zero-order valence-electron chi connectivity index (χ0n) is 6.19. The summed E-state index contributed by atoms with van der Waals surface area (Å²) in [5.41, 5.74) is 2.45. The Balaban J connectivity index is 2.55. The highest BCUT2D eigenvalue weighted by atomic mass is 32.1. The zero-order valence-corrected chi connectivity index (χ0v) is 7.01. The molecule has 0 aliphatic carbocycles. The Morgan fingerprint density at radius 1 is 1.50 bits per heavy atom. The van der Waals surface area contributed by atoms with E-state index in [0.717, 1.165) is 10.4 Å². The normalized spacial score (nSPS) is 10.0. The Morgan fingerprint density at radius 3 is 3.08 bits per heavy atom. The fourth-order valence-corrected chi connectivity index (χ4v) is 1.60. The van der Waals surface area contributed by atoms with Crippen molar-refractivity contribution in [2.45, 2.75) is 0 Å².